The van der Waals surface area contributed by atoms with Gasteiger partial charge < -0.3 is 9.16 Å². The lowest BCUT2D eigenvalue weighted by Crippen LogP contribution is -2.42. The summed E-state index contributed by atoms with van der Waals surface area (Å²) in [5, 5.41) is 0.0349. The maximum absolute atomic E-state index is 11.6. The lowest BCUT2D eigenvalue weighted by Gasteiger charge is -2.34. The van der Waals surface area contributed by atoms with Gasteiger partial charge in [0.2, 0.25) is 0 Å². The zero-order valence-corrected chi connectivity index (χ0v) is 14.0. The van der Waals surface area contributed by atoms with Crippen molar-refractivity contribution in [3.63, 3.8) is 0 Å². The molecule has 0 unspecified atom stereocenters. The molecule has 0 radical (unpaired) electrons. The molecule has 0 aliphatic carbocycles. The first-order valence-corrected chi connectivity index (χ1v) is 9.97. The second-order valence-electron chi connectivity index (χ2n) is 6.38. The van der Waals surface area contributed by atoms with Crippen LogP contribution in [0.15, 0.2) is 0 Å². The summed E-state index contributed by atoms with van der Waals surface area (Å²) >= 11 is 0. The third-order valence-electron chi connectivity index (χ3n) is 3.61. The van der Waals surface area contributed by atoms with Crippen LogP contribution in [0.25, 0.3) is 0 Å². The molecule has 18 heavy (non-hydrogen) atoms. The van der Waals surface area contributed by atoms with Crippen LogP contribution >= 0.6 is 0 Å². The molecule has 0 aliphatic heterocycles. The van der Waals surface area contributed by atoms with Crippen molar-refractivity contribution < 1.29 is 14.0 Å². The molecule has 3 nitrogen and oxygen atoms in total. The second kappa shape index (κ2) is 7.82. The SMILES string of the molecule is CCCCCCCOC(=O)O[Si](C)(C)C(C)(C)C. The minimum atomic E-state index is -2.02. The van der Waals surface area contributed by atoms with Gasteiger partial charge in [-0.1, -0.05) is 53.4 Å². The zero-order valence-electron chi connectivity index (χ0n) is 13.0. The Morgan fingerprint density at radius 2 is 1.61 bits per heavy atom. The normalized spacial score (nSPS) is 12.3. The topological polar surface area (TPSA) is 35.5 Å². The number of unbranched alkanes of at least 4 members (excludes halogenated alkanes) is 4. The smallest absolute Gasteiger partial charge is 0.489 e. The summed E-state index contributed by atoms with van der Waals surface area (Å²) in [5.74, 6) is 0. The fourth-order valence-electron chi connectivity index (χ4n) is 1.25. The van der Waals surface area contributed by atoms with Crippen molar-refractivity contribution in [1.82, 2.24) is 0 Å². The predicted octanol–water partition coefficient (Wildman–Crippen LogP) is 5.12. The maximum atomic E-state index is 11.6. The average molecular weight is 274 g/mol. The van der Waals surface area contributed by atoms with Crippen LogP contribution in [0.1, 0.15) is 59.8 Å². The number of ether oxygens (including phenoxy) is 1. The second-order valence-corrected chi connectivity index (χ2v) is 11.1. The molecule has 0 rings (SSSR count). The lowest BCUT2D eigenvalue weighted by molar-refractivity contribution is 0.0928. The van der Waals surface area contributed by atoms with Crippen molar-refractivity contribution in [2.45, 2.75) is 77.9 Å². The molecule has 0 fully saturated rings. The van der Waals surface area contributed by atoms with E-state index >= 15 is 0 Å². The molecule has 0 aromatic heterocycles. The van der Waals surface area contributed by atoms with Crippen molar-refractivity contribution in [2.24, 2.45) is 0 Å². The molecule has 0 aromatic carbocycles. The van der Waals surface area contributed by atoms with Crippen LogP contribution in [-0.2, 0) is 9.16 Å². The first-order valence-electron chi connectivity index (χ1n) is 7.06. The Bertz CT molecular complexity index is 244. The van der Waals surface area contributed by atoms with E-state index in [2.05, 4.69) is 40.8 Å². The van der Waals surface area contributed by atoms with E-state index in [1.807, 2.05) is 0 Å². The highest BCUT2D eigenvalue weighted by Crippen LogP contribution is 2.36. The summed E-state index contributed by atoms with van der Waals surface area (Å²) < 4.78 is 10.6. The number of carbonyl (C=O) groups excluding carboxylic acids is 1. The first-order chi connectivity index (χ1) is 8.20. The molecule has 0 aromatic rings. The number of hydrogen-bond donors (Lipinski definition) is 0. The van der Waals surface area contributed by atoms with Gasteiger partial charge in [0, 0.05) is 0 Å². The minimum Gasteiger partial charge on any atom is -0.489 e. The summed E-state index contributed by atoms with van der Waals surface area (Å²) in [5.41, 5.74) is 0. The molecule has 108 valence electrons. The number of carbonyl (C=O) groups is 1. The summed E-state index contributed by atoms with van der Waals surface area (Å²) in [6.07, 6.45) is 5.28. The highest BCUT2D eigenvalue weighted by molar-refractivity contribution is 6.75. The van der Waals surface area contributed by atoms with Crippen molar-refractivity contribution in [3.05, 3.63) is 0 Å². The highest BCUT2D eigenvalue weighted by Gasteiger charge is 2.40. The quantitative estimate of drug-likeness (QED) is 0.367. The van der Waals surface area contributed by atoms with E-state index in [0.29, 0.717) is 6.61 Å². The van der Waals surface area contributed by atoms with E-state index in [4.69, 9.17) is 9.16 Å². The van der Waals surface area contributed by atoms with Gasteiger partial charge in [0.1, 0.15) is 0 Å². The monoisotopic (exact) mass is 274 g/mol. The van der Waals surface area contributed by atoms with Crippen LogP contribution in [0.3, 0.4) is 0 Å². The molecule has 0 amide bonds. The van der Waals surface area contributed by atoms with E-state index in [1.165, 1.54) is 19.3 Å². The van der Waals surface area contributed by atoms with E-state index in [9.17, 15) is 4.79 Å². The van der Waals surface area contributed by atoms with Gasteiger partial charge in [-0.25, -0.2) is 4.79 Å². The van der Waals surface area contributed by atoms with Gasteiger partial charge in [-0.2, -0.15) is 0 Å². The van der Waals surface area contributed by atoms with Crippen LogP contribution in [-0.4, -0.2) is 21.1 Å². The van der Waals surface area contributed by atoms with Crippen LogP contribution in [0.2, 0.25) is 18.1 Å². The Labute approximate surface area is 113 Å². The van der Waals surface area contributed by atoms with E-state index < -0.39 is 14.5 Å². The summed E-state index contributed by atoms with van der Waals surface area (Å²) in [6.45, 7) is 13.1. The van der Waals surface area contributed by atoms with Gasteiger partial charge in [-0.05, 0) is 24.6 Å². The molecular weight excluding hydrogens is 244 g/mol. The molecule has 0 N–H and O–H groups in total. The van der Waals surface area contributed by atoms with Crippen molar-refractivity contribution in [3.8, 4) is 0 Å². The lowest BCUT2D eigenvalue weighted by atomic mass is 10.2. The van der Waals surface area contributed by atoms with E-state index in [0.717, 1.165) is 12.8 Å². The predicted molar refractivity (Wildman–Crippen MR) is 78.4 cm³/mol. The Kier molecular flexibility index (Phi) is 7.60. The number of hydrogen-bond acceptors (Lipinski definition) is 3. The molecule has 0 aliphatic rings. The van der Waals surface area contributed by atoms with Gasteiger partial charge in [-0.15, -0.1) is 0 Å². The molecule has 0 bridgehead atoms. The van der Waals surface area contributed by atoms with Crippen LogP contribution in [0.4, 0.5) is 4.79 Å². The molecule has 0 atom stereocenters. The largest absolute Gasteiger partial charge is 0.494 e. The molecular formula is C14H30O3Si. The molecule has 0 saturated carbocycles. The van der Waals surface area contributed by atoms with Gasteiger partial charge in [0.05, 0.1) is 6.61 Å². The van der Waals surface area contributed by atoms with Gasteiger partial charge in [0.15, 0.2) is 0 Å². The standard InChI is InChI=1S/C14H30O3Si/c1-7-8-9-10-11-12-16-13(15)17-18(5,6)14(2,3)4/h7-12H2,1-6H3. The maximum Gasteiger partial charge on any atom is 0.494 e. The van der Waals surface area contributed by atoms with E-state index in [-0.39, 0.29) is 5.04 Å². The molecule has 0 saturated heterocycles. The van der Waals surface area contributed by atoms with Crippen molar-refractivity contribution in [2.75, 3.05) is 6.61 Å². The van der Waals surface area contributed by atoms with Crippen LogP contribution in [0, 0.1) is 0 Å². The Balaban J connectivity index is 3.78. The van der Waals surface area contributed by atoms with Crippen LogP contribution in [0.5, 0.6) is 0 Å². The fourth-order valence-corrected chi connectivity index (χ4v) is 2.03. The van der Waals surface area contributed by atoms with Crippen molar-refractivity contribution >= 4 is 14.5 Å². The van der Waals surface area contributed by atoms with Gasteiger partial charge >= 0.3 is 6.16 Å². The summed E-state index contributed by atoms with van der Waals surface area (Å²) in [4.78, 5) is 11.6. The van der Waals surface area contributed by atoms with Crippen molar-refractivity contribution in [1.29, 1.82) is 0 Å². The zero-order chi connectivity index (χ0) is 14.2. The van der Waals surface area contributed by atoms with Crippen LogP contribution < -0.4 is 0 Å². The average Bonchev–Trinajstić information content (AvgIpc) is 2.20. The number of rotatable bonds is 7. The molecule has 4 heteroatoms. The molecule has 0 heterocycles. The molecule has 0 spiro atoms. The fraction of sp³-hybridized carbons (Fsp3) is 0.929. The summed E-state index contributed by atoms with van der Waals surface area (Å²) in [7, 11) is -2.02. The third kappa shape index (κ3) is 7.04. The minimum absolute atomic E-state index is 0.0349. The van der Waals surface area contributed by atoms with Gasteiger partial charge in [-0.3, -0.25) is 0 Å². The highest BCUT2D eigenvalue weighted by atomic mass is 28.4. The van der Waals surface area contributed by atoms with E-state index in [1.54, 1.807) is 0 Å². The Morgan fingerprint density at radius 1 is 1.06 bits per heavy atom. The first kappa shape index (κ1) is 17.5. The Hall–Kier alpha value is -0.513. The Morgan fingerprint density at radius 3 is 2.11 bits per heavy atom. The van der Waals surface area contributed by atoms with Gasteiger partial charge in [0.25, 0.3) is 8.32 Å². The third-order valence-corrected chi connectivity index (χ3v) is 7.90. The summed E-state index contributed by atoms with van der Waals surface area (Å²) in [6, 6.07) is 0.